The van der Waals surface area contributed by atoms with E-state index < -0.39 is 16.5 Å². The Morgan fingerprint density at radius 2 is 0.926 bits per heavy atom. The first kappa shape index (κ1) is 45.1. The minimum Gasteiger partial charge on any atom is -0.664 e. The van der Waals surface area contributed by atoms with Gasteiger partial charge in [-0.25, -0.2) is 0 Å². The number of rotatable bonds is 5. The van der Waals surface area contributed by atoms with Crippen LogP contribution in [0.4, 0.5) is 0 Å². The van der Waals surface area contributed by atoms with Crippen molar-refractivity contribution < 1.29 is 26.5 Å². The maximum Gasteiger partial charge on any atom is 4.00 e. The van der Waals surface area contributed by atoms with E-state index in [1.54, 1.807) is 0 Å². The molecule has 0 fully saturated rings. The number of ether oxygens (including phenoxy) is 1. The first-order valence-corrected chi connectivity index (χ1v) is 24.1. The van der Waals surface area contributed by atoms with Gasteiger partial charge in [0.25, 0.3) is 0 Å². The Bertz CT molecular complexity index is 1930. The van der Waals surface area contributed by atoms with E-state index in [1.807, 2.05) is 74.8 Å². The van der Waals surface area contributed by atoms with Gasteiger partial charge < -0.3 is 14.7 Å². The van der Waals surface area contributed by atoms with Gasteiger partial charge in [0.2, 0.25) is 0 Å². The number of hydrogen-bond donors (Lipinski definition) is 0. The van der Waals surface area contributed by atoms with E-state index in [9.17, 15) is 0 Å². The topological polar surface area (TPSA) is 37.4 Å². The van der Waals surface area contributed by atoms with Crippen molar-refractivity contribution in [1.82, 2.24) is 0 Å². The maximum absolute atomic E-state index is 7.22. The quantitative estimate of drug-likeness (QED) is 0.129. The minimum atomic E-state index is -2.47. The van der Waals surface area contributed by atoms with Crippen molar-refractivity contribution in [2.75, 3.05) is 14.1 Å². The molecule has 282 valence electrons. The Morgan fingerprint density at radius 3 is 1.26 bits per heavy atom. The summed E-state index contributed by atoms with van der Waals surface area (Å²) in [5.41, 5.74) is 7.14. The summed E-state index contributed by atoms with van der Waals surface area (Å²) in [6.45, 7) is 33.0. The Balaban J connectivity index is 0.000000434. The molecule has 0 aromatic heterocycles. The molecule has 0 bridgehead atoms. The molecule has 0 saturated carbocycles. The molecule has 3 nitrogen and oxygen atoms in total. The van der Waals surface area contributed by atoms with Crippen molar-refractivity contribution in [3.05, 3.63) is 172 Å². The molecule has 5 aromatic rings. The molecule has 0 saturated heterocycles. The van der Waals surface area contributed by atoms with Crippen molar-refractivity contribution >= 4 is 32.0 Å². The van der Waals surface area contributed by atoms with Crippen LogP contribution in [0.1, 0.15) is 88.8 Å². The van der Waals surface area contributed by atoms with Crippen LogP contribution in [0.25, 0.3) is 9.96 Å². The molecular formula is C48H62N2OSi2Ti. The molecule has 6 rings (SSSR count). The van der Waals surface area contributed by atoms with Gasteiger partial charge in [-0.05, 0) is 40.6 Å². The summed E-state index contributed by atoms with van der Waals surface area (Å²) in [4.78, 5) is 10.1. The van der Waals surface area contributed by atoms with Crippen molar-refractivity contribution in [2.24, 2.45) is 0 Å². The van der Waals surface area contributed by atoms with Gasteiger partial charge in [0.05, 0.1) is 0 Å². The monoisotopic (exact) mass is 786 g/mol. The molecule has 1 atom stereocenters. The molecule has 0 N–H and O–H groups in total. The zero-order chi connectivity index (χ0) is 39.4. The van der Waals surface area contributed by atoms with E-state index in [4.69, 9.17) is 14.7 Å². The van der Waals surface area contributed by atoms with Crippen LogP contribution in [0.2, 0.25) is 19.6 Å². The normalized spacial score (nSPS) is 14.2. The number of fused-ring (bicyclic) bond motifs is 2. The van der Waals surface area contributed by atoms with Gasteiger partial charge in [-0.3, -0.25) is 0 Å². The second kappa shape index (κ2) is 17.7. The molecule has 1 aliphatic rings. The van der Waals surface area contributed by atoms with Crippen molar-refractivity contribution in [3.8, 4) is 11.5 Å². The summed E-state index contributed by atoms with van der Waals surface area (Å²) in [6.07, 6.45) is 0. The molecule has 0 aliphatic carbocycles. The number of benzene rings is 5. The fourth-order valence-corrected chi connectivity index (χ4v) is 10.8. The molecule has 5 aromatic carbocycles. The third-order valence-corrected chi connectivity index (χ3v) is 17.3. The van der Waals surface area contributed by atoms with E-state index in [-0.39, 0.29) is 38.0 Å². The van der Waals surface area contributed by atoms with E-state index in [1.165, 1.54) is 37.8 Å². The van der Waals surface area contributed by atoms with Gasteiger partial charge in [-0.15, -0.1) is 24.3 Å². The Morgan fingerprint density at radius 1 is 0.556 bits per heavy atom. The second-order valence-electron chi connectivity index (χ2n) is 17.4. The average molecular weight is 787 g/mol. The first-order chi connectivity index (χ1) is 24.7. The summed E-state index contributed by atoms with van der Waals surface area (Å²) in [7, 11) is -0.625. The molecule has 1 heterocycles. The number of hydrogen-bond acceptors (Lipinski definition) is 1. The van der Waals surface area contributed by atoms with Crippen molar-refractivity contribution in [3.63, 3.8) is 0 Å². The zero-order valence-corrected chi connectivity index (χ0v) is 38.7. The Labute approximate surface area is 345 Å². The van der Waals surface area contributed by atoms with Gasteiger partial charge in [0, 0.05) is 24.8 Å². The van der Waals surface area contributed by atoms with Crippen LogP contribution in [0.15, 0.2) is 115 Å². The average Bonchev–Trinajstić information content (AvgIpc) is 3.11. The van der Waals surface area contributed by atoms with Gasteiger partial charge in [0.1, 0.15) is 11.5 Å². The summed E-state index contributed by atoms with van der Waals surface area (Å²) in [5, 5.41) is 3.85. The van der Waals surface area contributed by atoms with Crippen LogP contribution in [-0.4, -0.2) is 30.6 Å². The fourth-order valence-electron chi connectivity index (χ4n) is 6.58. The smallest absolute Gasteiger partial charge is 0.664 e. The molecule has 6 heteroatoms. The first-order valence-electron chi connectivity index (χ1n) is 18.7. The molecule has 1 unspecified atom stereocenters. The van der Waals surface area contributed by atoms with E-state index in [0.29, 0.717) is 0 Å². The molecule has 0 radical (unpaired) electrons. The van der Waals surface area contributed by atoms with Gasteiger partial charge in [-0.1, -0.05) is 147 Å². The minimum absolute atomic E-state index is 0. The van der Waals surface area contributed by atoms with E-state index >= 15 is 0 Å². The zero-order valence-electron chi connectivity index (χ0n) is 35.2. The molecular weight excluding hydrogens is 725 g/mol. The third-order valence-electron chi connectivity index (χ3n) is 10.7. The summed E-state index contributed by atoms with van der Waals surface area (Å²) >= 11 is 0. The fraction of sp³-hybridized carbons (Fsp3) is 0.333. The Kier molecular flexibility index (Phi) is 14.8. The maximum atomic E-state index is 7.22. The molecule has 0 amide bonds. The third kappa shape index (κ3) is 10.1. The van der Waals surface area contributed by atoms with Crippen molar-refractivity contribution in [2.45, 2.75) is 91.3 Å². The van der Waals surface area contributed by atoms with E-state index in [2.05, 4.69) is 143 Å². The van der Waals surface area contributed by atoms with Crippen LogP contribution in [0, 0.1) is 13.8 Å². The van der Waals surface area contributed by atoms with Gasteiger partial charge >= 0.3 is 21.7 Å². The standard InChI is InChI=1S/C34H48N2OSi2.2C7H7.Ti/c1-32(2,3)23-19-26-30(28(21-23)38(11,12)35-9)37-31-27(34(26,7)8)20-24(33(4,5)6)22-29(31)39(13,36-10)25-17-15-14-16-18-25;2*1-7-5-3-2-4-6-7;/h14-22H,1-13H3;2*2-6H,1H2;/q-2;2*-1;+4. The van der Waals surface area contributed by atoms with Crippen LogP contribution in [-0.2, 0) is 38.0 Å². The van der Waals surface area contributed by atoms with Crippen LogP contribution in [0.5, 0.6) is 11.5 Å². The van der Waals surface area contributed by atoms with Crippen LogP contribution in [0.3, 0.4) is 0 Å². The largest absolute Gasteiger partial charge is 4.00 e. The summed E-state index contributed by atoms with van der Waals surface area (Å²) < 4.78 is 7.22. The molecule has 54 heavy (non-hydrogen) atoms. The Hall–Kier alpha value is -3.29. The van der Waals surface area contributed by atoms with Crippen LogP contribution >= 0.6 is 0 Å². The SMILES string of the molecule is C[N-][Si](C)(C)c1cc(C(C)(C)C)cc2c1Oc1c(cc(C(C)(C)C)cc1[Si](C)([N-]C)c1ccccc1)C2(C)C.[CH2-]c1ccccc1.[CH2-]c1ccccc1.[Ti+4]. The van der Waals surface area contributed by atoms with Gasteiger partial charge in [-0.2, -0.15) is 63.3 Å². The van der Waals surface area contributed by atoms with Crippen molar-refractivity contribution in [1.29, 1.82) is 0 Å². The van der Waals surface area contributed by atoms with Crippen LogP contribution < -0.4 is 20.3 Å². The molecule has 0 spiro atoms. The second-order valence-corrected chi connectivity index (χ2v) is 25.3. The molecule has 1 aliphatic heterocycles. The predicted octanol–water partition coefficient (Wildman–Crippen LogP) is 11.6. The summed E-state index contributed by atoms with van der Waals surface area (Å²) in [5.74, 6) is 2.03. The predicted molar refractivity (Wildman–Crippen MR) is 237 cm³/mol. The van der Waals surface area contributed by atoms with E-state index in [0.717, 1.165) is 22.6 Å². The van der Waals surface area contributed by atoms with Gasteiger partial charge in [0.15, 0.2) is 0 Å². The number of nitrogens with zero attached hydrogens (tertiary/aromatic N) is 2. The summed E-state index contributed by atoms with van der Waals surface area (Å²) in [6, 6.07) is 40.2.